The van der Waals surface area contributed by atoms with Gasteiger partial charge in [0.1, 0.15) is 16.8 Å². The molecule has 6 heteroatoms. The van der Waals surface area contributed by atoms with Gasteiger partial charge in [0.2, 0.25) is 0 Å². The molecule has 0 saturated heterocycles. The lowest BCUT2D eigenvalue weighted by molar-refractivity contribution is 0.988. The highest BCUT2D eigenvalue weighted by Gasteiger charge is 2.11. The number of nitriles is 2. The van der Waals surface area contributed by atoms with Crippen LogP contribution in [0.2, 0.25) is 0 Å². The maximum atomic E-state index is 13.0. The summed E-state index contributed by atoms with van der Waals surface area (Å²) in [6, 6.07) is 20.6. The number of para-hydroxylation sites is 1. The summed E-state index contributed by atoms with van der Waals surface area (Å²) in [6.45, 7) is 0. The molecular formula is C21H16N4OS. The highest BCUT2D eigenvalue weighted by atomic mass is 32.1. The molecule has 0 aliphatic rings. The quantitative estimate of drug-likeness (QED) is 0.705. The van der Waals surface area contributed by atoms with Crippen LogP contribution in [-0.2, 0) is 0 Å². The van der Waals surface area contributed by atoms with E-state index in [1.807, 2.05) is 73.6 Å². The molecule has 0 atom stereocenters. The highest BCUT2D eigenvalue weighted by Crippen LogP contribution is 2.12. The largest absolute Gasteiger partial charge is 0.378 e. The SMILES string of the molecule is CN(C)c1ccc(/C=c2/sc(=C(C#N)C#N)n(-c3ccccc3)c2=O)cc1. The predicted octanol–water partition coefficient (Wildman–Crippen LogP) is 1.99. The minimum Gasteiger partial charge on any atom is -0.378 e. The lowest BCUT2D eigenvalue weighted by atomic mass is 10.2. The van der Waals surface area contributed by atoms with Crippen LogP contribution in [0.5, 0.6) is 0 Å². The van der Waals surface area contributed by atoms with Crippen LogP contribution in [0.3, 0.4) is 0 Å². The van der Waals surface area contributed by atoms with E-state index in [2.05, 4.69) is 0 Å². The Hall–Kier alpha value is -3.61. The summed E-state index contributed by atoms with van der Waals surface area (Å²) in [7, 11) is 3.92. The average Bonchev–Trinajstić information content (AvgIpc) is 3.00. The fourth-order valence-electron chi connectivity index (χ4n) is 2.60. The Morgan fingerprint density at radius 3 is 2.22 bits per heavy atom. The number of thiazole rings is 1. The normalized spacial score (nSPS) is 10.9. The van der Waals surface area contributed by atoms with E-state index >= 15 is 0 Å². The van der Waals surface area contributed by atoms with Crippen LogP contribution < -0.4 is 19.7 Å². The van der Waals surface area contributed by atoms with E-state index in [1.165, 1.54) is 4.57 Å². The van der Waals surface area contributed by atoms with Gasteiger partial charge in [0.15, 0.2) is 5.57 Å². The van der Waals surface area contributed by atoms with Gasteiger partial charge in [-0.1, -0.05) is 30.3 Å². The Labute approximate surface area is 160 Å². The molecule has 0 amide bonds. The van der Waals surface area contributed by atoms with Crippen molar-refractivity contribution in [1.82, 2.24) is 4.57 Å². The van der Waals surface area contributed by atoms with Crippen LogP contribution in [-0.4, -0.2) is 18.7 Å². The summed E-state index contributed by atoms with van der Waals surface area (Å²) in [5.74, 6) is 0. The zero-order chi connectivity index (χ0) is 19.4. The third-order valence-electron chi connectivity index (χ3n) is 3.98. The molecule has 0 saturated carbocycles. The van der Waals surface area contributed by atoms with Crippen LogP contribution in [0.1, 0.15) is 5.56 Å². The molecule has 0 bridgehead atoms. The molecule has 132 valence electrons. The molecule has 5 nitrogen and oxygen atoms in total. The van der Waals surface area contributed by atoms with E-state index in [1.54, 1.807) is 18.2 Å². The van der Waals surface area contributed by atoms with Crippen molar-refractivity contribution in [3.8, 4) is 17.8 Å². The first-order valence-corrected chi connectivity index (χ1v) is 8.97. The Balaban J connectivity index is 2.28. The molecule has 3 rings (SSSR count). The van der Waals surface area contributed by atoms with Gasteiger partial charge in [-0.2, -0.15) is 10.5 Å². The number of anilines is 1. The average molecular weight is 372 g/mol. The number of benzene rings is 2. The summed E-state index contributed by atoms with van der Waals surface area (Å²) >= 11 is 1.15. The van der Waals surface area contributed by atoms with E-state index in [0.29, 0.717) is 14.9 Å². The van der Waals surface area contributed by atoms with Crippen molar-refractivity contribution in [3.05, 3.63) is 79.7 Å². The minimum absolute atomic E-state index is 0.0800. The van der Waals surface area contributed by atoms with Gasteiger partial charge in [0.05, 0.1) is 10.2 Å². The van der Waals surface area contributed by atoms with Crippen molar-refractivity contribution in [2.45, 2.75) is 0 Å². The lowest BCUT2D eigenvalue weighted by Gasteiger charge is -2.11. The third kappa shape index (κ3) is 3.67. The Bertz CT molecular complexity index is 1210. The summed E-state index contributed by atoms with van der Waals surface area (Å²) in [6.07, 6.45) is 1.78. The summed E-state index contributed by atoms with van der Waals surface area (Å²) < 4.78 is 2.23. The first-order chi connectivity index (χ1) is 13.0. The fourth-order valence-corrected chi connectivity index (χ4v) is 3.66. The molecule has 1 aromatic heterocycles. The first kappa shape index (κ1) is 18.2. The Kier molecular flexibility index (Phi) is 5.21. The van der Waals surface area contributed by atoms with Crippen molar-refractivity contribution in [2.75, 3.05) is 19.0 Å². The molecule has 2 aromatic carbocycles. The van der Waals surface area contributed by atoms with Crippen molar-refractivity contribution in [3.63, 3.8) is 0 Å². The Morgan fingerprint density at radius 1 is 1.04 bits per heavy atom. The van der Waals surface area contributed by atoms with Crippen LogP contribution in [0.4, 0.5) is 5.69 Å². The molecule has 0 aliphatic carbocycles. The van der Waals surface area contributed by atoms with E-state index in [-0.39, 0.29) is 11.1 Å². The number of rotatable bonds is 3. The van der Waals surface area contributed by atoms with Gasteiger partial charge in [-0.25, -0.2) is 0 Å². The number of nitrogens with zero attached hydrogens (tertiary/aromatic N) is 4. The second-order valence-corrected chi connectivity index (χ2v) is 7.01. The van der Waals surface area contributed by atoms with Gasteiger partial charge in [-0.15, -0.1) is 11.3 Å². The van der Waals surface area contributed by atoms with E-state index in [9.17, 15) is 15.3 Å². The van der Waals surface area contributed by atoms with Crippen molar-refractivity contribution < 1.29 is 0 Å². The summed E-state index contributed by atoms with van der Waals surface area (Å²) in [5, 5.41) is 18.6. The lowest BCUT2D eigenvalue weighted by Crippen LogP contribution is -2.30. The number of hydrogen-bond donors (Lipinski definition) is 0. The van der Waals surface area contributed by atoms with Gasteiger partial charge in [0.25, 0.3) is 5.56 Å². The highest BCUT2D eigenvalue weighted by molar-refractivity contribution is 7.07. The van der Waals surface area contributed by atoms with E-state index in [4.69, 9.17) is 0 Å². The molecule has 1 heterocycles. The standard InChI is InChI=1S/C21H16N4OS/c1-24(2)17-10-8-15(9-11-17)12-19-20(26)25(18-6-4-3-5-7-18)21(27-19)16(13-22)14-23/h3-12H,1-2H3/b19-12+. The van der Waals surface area contributed by atoms with Gasteiger partial charge in [-0.3, -0.25) is 9.36 Å². The smallest absolute Gasteiger partial charge is 0.273 e. The van der Waals surface area contributed by atoms with E-state index < -0.39 is 0 Å². The topological polar surface area (TPSA) is 72.8 Å². The molecule has 0 unspecified atom stereocenters. The maximum absolute atomic E-state index is 13.0. The number of hydrogen-bond acceptors (Lipinski definition) is 5. The van der Waals surface area contributed by atoms with Crippen LogP contribution in [0.15, 0.2) is 59.4 Å². The molecule has 27 heavy (non-hydrogen) atoms. The van der Waals surface area contributed by atoms with Crippen molar-refractivity contribution in [1.29, 1.82) is 10.5 Å². The maximum Gasteiger partial charge on any atom is 0.273 e. The zero-order valence-corrected chi connectivity index (χ0v) is 15.7. The predicted molar refractivity (Wildman–Crippen MR) is 108 cm³/mol. The second-order valence-electron chi connectivity index (χ2n) is 5.98. The molecule has 0 fully saturated rings. The Morgan fingerprint density at radius 2 is 1.67 bits per heavy atom. The molecule has 0 N–H and O–H groups in total. The first-order valence-electron chi connectivity index (χ1n) is 8.16. The molecule has 3 aromatic rings. The molecular weight excluding hydrogens is 356 g/mol. The van der Waals surface area contributed by atoms with Crippen molar-refractivity contribution in [2.24, 2.45) is 0 Å². The van der Waals surface area contributed by atoms with Gasteiger partial charge >= 0.3 is 0 Å². The van der Waals surface area contributed by atoms with Crippen molar-refractivity contribution >= 4 is 28.7 Å². The molecule has 0 aliphatic heterocycles. The monoisotopic (exact) mass is 372 g/mol. The van der Waals surface area contributed by atoms with E-state index in [0.717, 1.165) is 22.6 Å². The van der Waals surface area contributed by atoms with Gasteiger partial charge in [-0.05, 0) is 35.9 Å². The van der Waals surface area contributed by atoms with Crippen LogP contribution >= 0.6 is 11.3 Å². The minimum atomic E-state index is -0.249. The second kappa shape index (κ2) is 7.74. The third-order valence-corrected chi connectivity index (χ3v) is 5.08. The van der Waals surface area contributed by atoms with Gasteiger partial charge in [0, 0.05) is 19.8 Å². The van der Waals surface area contributed by atoms with Crippen LogP contribution in [0.25, 0.3) is 17.3 Å². The zero-order valence-electron chi connectivity index (χ0n) is 14.9. The van der Waals surface area contributed by atoms with Gasteiger partial charge < -0.3 is 4.90 Å². The molecule has 0 spiro atoms. The fraction of sp³-hybridized carbons (Fsp3) is 0.0952. The van der Waals surface area contributed by atoms with Crippen LogP contribution in [0, 0.1) is 22.7 Å². The summed E-state index contributed by atoms with van der Waals surface area (Å²) in [5.41, 5.74) is 2.23. The number of aromatic nitrogens is 1. The molecule has 0 radical (unpaired) electrons. The summed E-state index contributed by atoms with van der Waals surface area (Å²) in [4.78, 5) is 15.0.